The molecule has 0 radical (unpaired) electrons. The Morgan fingerprint density at radius 3 is 2.43 bits per heavy atom. The van der Waals surface area contributed by atoms with Crippen molar-refractivity contribution < 1.29 is 27.5 Å². The number of benzene rings is 1. The highest BCUT2D eigenvalue weighted by Crippen LogP contribution is 2.31. The van der Waals surface area contributed by atoms with Crippen LogP contribution in [-0.2, 0) is 0 Å². The van der Waals surface area contributed by atoms with Crippen LogP contribution in [-0.4, -0.2) is 16.1 Å². The molecule has 4 nitrogen and oxygen atoms in total. The van der Waals surface area contributed by atoms with Crippen LogP contribution in [0.25, 0.3) is 0 Å². The Morgan fingerprint density at radius 1 is 1.19 bits per heavy atom. The minimum Gasteiger partial charge on any atom is -0.478 e. The summed E-state index contributed by atoms with van der Waals surface area (Å²) >= 11 is 2.66. The highest BCUT2D eigenvalue weighted by atomic mass is 79.9. The van der Waals surface area contributed by atoms with Crippen LogP contribution in [0.3, 0.4) is 0 Å². The van der Waals surface area contributed by atoms with Crippen LogP contribution in [0.4, 0.5) is 29.1 Å². The normalized spacial score (nSPS) is 10.5. The van der Waals surface area contributed by atoms with Crippen LogP contribution in [0.2, 0.25) is 0 Å². The van der Waals surface area contributed by atoms with Crippen molar-refractivity contribution in [3.05, 3.63) is 51.6 Å². The van der Waals surface area contributed by atoms with Gasteiger partial charge in [0, 0.05) is 6.07 Å². The first-order valence-electron chi connectivity index (χ1n) is 5.30. The third kappa shape index (κ3) is 2.97. The van der Waals surface area contributed by atoms with Gasteiger partial charge in [0.25, 0.3) is 0 Å². The molecule has 2 rings (SSSR count). The number of anilines is 2. The van der Waals surface area contributed by atoms with Gasteiger partial charge in [-0.25, -0.2) is 27.3 Å². The van der Waals surface area contributed by atoms with Crippen molar-refractivity contribution in [1.29, 1.82) is 0 Å². The van der Waals surface area contributed by atoms with E-state index in [1.165, 1.54) is 0 Å². The van der Waals surface area contributed by atoms with E-state index in [1.807, 2.05) is 5.32 Å². The molecule has 21 heavy (non-hydrogen) atoms. The van der Waals surface area contributed by atoms with E-state index in [4.69, 9.17) is 5.11 Å². The number of carboxylic acid groups (broad SMARTS) is 1. The zero-order valence-corrected chi connectivity index (χ0v) is 11.5. The zero-order valence-electron chi connectivity index (χ0n) is 9.92. The van der Waals surface area contributed by atoms with Gasteiger partial charge in [-0.05, 0) is 22.0 Å². The van der Waals surface area contributed by atoms with Crippen molar-refractivity contribution in [3.8, 4) is 0 Å². The number of halogens is 5. The molecule has 0 aliphatic heterocycles. The Morgan fingerprint density at radius 2 is 1.86 bits per heavy atom. The Balaban J connectivity index is 2.57. The van der Waals surface area contributed by atoms with Crippen molar-refractivity contribution in [2.75, 3.05) is 5.32 Å². The molecule has 0 saturated heterocycles. The average Bonchev–Trinajstić information content (AvgIpc) is 2.41. The van der Waals surface area contributed by atoms with E-state index in [0.29, 0.717) is 12.3 Å². The third-order valence-electron chi connectivity index (χ3n) is 2.44. The summed E-state index contributed by atoms with van der Waals surface area (Å²) in [5.41, 5.74) is -1.47. The lowest BCUT2D eigenvalue weighted by molar-refractivity contribution is 0.0697. The molecule has 1 aromatic heterocycles. The second kappa shape index (κ2) is 5.68. The lowest BCUT2D eigenvalue weighted by Crippen LogP contribution is -2.09. The van der Waals surface area contributed by atoms with E-state index in [0.717, 1.165) is 6.07 Å². The molecule has 2 aromatic rings. The molecular weight excluding hydrogens is 360 g/mol. The fourth-order valence-corrected chi connectivity index (χ4v) is 1.91. The number of nitrogens with one attached hydrogen (secondary N) is 1. The van der Waals surface area contributed by atoms with E-state index in [-0.39, 0.29) is 0 Å². The number of rotatable bonds is 3. The Kier molecular flexibility index (Phi) is 4.12. The summed E-state index contributed by atoms with van der Waals surface area (Å²) in [5, 5.41) is 11.0. The fourth-order valence-electron chi connectivity index (χ4n) is 1.51. The first-order chi connectivity index (χ1) is 9.81. The molecule has 0 saturated carbocycles. The summed E-state index contributed by atoms with van der Waals surface area (Å²) in [5.74, 6) is -7.26. The second-order valence-corrected chi connectivity index (χ2v) is 4.68. The molecule has 0 bridgehead atoms. The molecule has 0 atom stereocenters. The van der Waals surface area contributed by atoms with Crippen LogP contribution in [0.15, 0.2) is 22.8 Å². The monoisotopic (exact) mass is 364 g/mol. The minimum absolute atomic E-state index is 0.407. The zero-order chi connectivity index (χ0) is 15.7. The van der Waals surface area contributed by atoms with Gasteiger partial charge in [0.05, 0.1) is 21.9 Å². The molecule has 9 heteroatoms. The van der Waals surface area contributed by atoms with E-state index in [9.17, 15) is 22.4 Å². The summed E-state index contributed by atoms with van der Waals surface area (Å²) in [6.07, 6.45) is 0.638. The van der Waals surface area contributed by atoms with E-state index < -0.39 is 50.8 Å². The average molecular weight is 365 g/mol. The highest BCUT2D eigenvalue weighted by Gasteiger charge is 2.22. The summed E-state index contributed by atoms with van der Waals surface area (Å²) in [6, 6.07) is 1.27. The molecule has 0 spiro atoms. The molecule has 1 aromatic carbocycles. The molecule has 2 N–H and O–H groups in total. The smallest absolute Gasteiger partial charge is 0.337 e. The third-order valence-corrected chi connectivity index (χ3v) is 3.02. The summed E-state index contributed by atoms with van der Waals surface area (Å²) in [4.78, 5) is 14.4. The van der Waals surface area contributed by atoms with Gasteiger partial charge in [-0.1, -0.05) is 0 Å². The maximum Gasteiger partial charge on any atom is 0.337 e. The summed E-state index contributed by atoms with van der Waals surface area (Å²) < 4.78 is 53.1. The van der Waals surface area contributed by atoms with Crippen molar-refractivity contribution in [2.45, 2.75) is 0 Å². The number of pyridine rings is 1. The van der Waals surface area contributed by atoms with Crippen LogP contribution >= 0.6 is 15.9 Å². The van der Waals surface area contributed by atoms with Gasteiger partial charge in [-0.2, -0.15) is 0 Å². The predicted octanol–water partition coefficient (Wildman–Crippen LogP) is 3.84. The second-order valence-electron chi connectivity index (χ2n) is 3.82. The number of carbonyl (C=O) groups is 1. The maximum absolute atomic E-state index is 13.8. The van der Waals surface area contributed by atoms with Crippen LogP contribution in [0, 0.1) is 23.3 Å². The molecule has 0 fully saturated rings. The topological polar surface area (TPSA) is 62.2 Å². The lowest BCUT2D eigenvalue weighted by Gasteiger charge is -2.12. The summed E-state index contributed by atoms with van der Waals surface area (Å²) in [7, 11) is 0. The predicted molar refractivity (Wildman–Crippen MR) is 68.5 cm³/mol. The lowest BCUT2D eigenvalue weighted by atomic mass is 10.1. The van der Waals surface area contributed by atoms with Gasteiger partial charge in [-0.3, -0.25) is 0 Å². The largest absolute Gasteiger partial charge is 0.478 e. The standard InChI is InChI=1S/C12H5BrF4N2O2/c13-6-2-5(12(20)21)10(9(17)8(6)16)19-11-7(15)1-4(14)3-18-11/h1-3H,(H,18,19)(H,20,21). The van der Waals surface area contributed by atoms with Crippen LogP contribution in [0.1, 0.15) is 10.4 Å². The molecule has 110 valence electrons. The fraction of sp³-hybridized carbons (Fsp3) is 0. The van der Waals surface area contributed by atoms with Crippen LogP contribution < -0.4 is 5.32 Å². The molecule has 1 heterocycles. The molecular formula is C12H5BrF4N2O2. The van der Waals surface area contributed by atoms with Crippen molar-refractivity contribution in [3.63, 3.8) is 0 Å². The Bertz CT molecular complexity index is 740. The molecule has 0 unspecified atom stereocenters. The van der Waals surface area contributed by atoms with Gasteiger partial charge in [0.15, 0.2) is 23.3 Å². The Hall–Kier alpha value is -2.16. The van der Waals surface area contributed by atoms with Crippen molar-refractivity contribution in [1.82, 2.24) is 4.98 Å². The maximum atomic E-state index is 13.8. The highest BCUT2D eigenvalue weighted by molar-refractivity contribution is 9.10. The quantitative estimate of drug-likeness (QED) is 0.641. The van der Waals surface area contributed by atoms with Crippen molar-refractivity contribution in [2.24, 2.45) is 0 Å². The molecule has 0 amide bonds. The molecule has 0 aliphatic carbocycles. The van der Waals surface area contributed by atoms with Gasteiger partial charge in [0.2, 0.25) is 0 Å². The van der Waals surface area contributed by atoms with Crippen molar-refractivity contribution >= 4 is 33.4 Å². The number of carboxylic acids is 1. The number of hydrogen-bond acceptors (Lipinski definition) is 3. The Labute approximate surface area is 123 Å². The molecule has 0 aliphatic rings. The van der Waals surface area contributed by atoms with E-state index in [2.05, 4.69) is 20.9 Å². The SMILES string of the molecule is O=C(O)c1cc(Br)c(F)c(F)c1Nc1ncc(F)cc1F. The summed E-state index contributed by atoms with van der Waals surface area (Å²) in [6.45, 7) is 0. The van der Waals surface area contributed by atoms with Gasteiger partial charge in [0.1, 0.15) is 5.82 Å². The number of aromatic carboxylic acids is 1. The van der Waals surface area contributed by atoms with E-state index >= 15 is 0 Å². The van der Waals surface area contributed by atoms with Gasteiger partial charge >= 0.3 is 5.97 Å². The van der Waals surface area contributed by atoms with Crippen LogP contribution in [0.5, 0.6) is 0 Å². The van der Waals surface area contributed by atoms with Gasteiger partial charge < -0.3 is 10.4 Å². The first-order valence-corrected chi connectivity index (χ1v) is 6.09. The number of aromatic nitrogens is 1. The van der Waals surface area contributed by atoms with E-state index in [1.54, 1.807) is 0 Å². The first kappa shape index (κ1) is 15.2. The number of hydrogen-bond donors (Lipinski definition) is 2. The minimum atomic E-state index is -1.57. The van der Waals surface area contributed by atoms with Gasteiger partial charge in [-0.15, -0.1) is 0 Å². The number of nitrogens with zero attached hydrogens (tertiary/aromatic N) is 1.